The van der Waals surface area contributed by atoms with Gasteiger partial charge in [0.2, 0.25) is 0 Å². The molecule has 0 aromatic carbocycles. The fraction of sp³-hybridized carbons (Fsp3) is 0.750. The van der Waals surface area contributed by atoms with Crippen LogP contribution in [0.25, 0.3) is 0 Å². The number of carboxylic acid groups (broad SMARTS) is 1. The average Bonchev–Trinajstić information content (AvgIpc) is 2.21. The van der Waals surface area contributed by atoms with Crippen LogP contribution in [0, 0.1) is 0 Å². The molecule has 0 saturated heterocycles. The summed E-state index contributed by atoms with van der Waals surface area (Å²) < 4.78 is -0.632. The van der Waals surface area contributed by atoms with E-state index in [2.05, 4.69) is 15.9 Å². The van der Waals surface area contributed by atoms with Crippen molar-refractivity contribution in [2.24, 2.45) is 0 Å². The molecule has 1 aliphatic carbocycles. The van der Waals surface area contributed by atoms with Gasteiger partial charge in [-0.2, -0.15) is 0 Å². The molecule has 8 heavy (non-hydrogen) atoms. The van der Waals surface area contributed by atoms with Crippen molar-refractivity contribution in [3.8, 4) is 0 Å². The van der Waals surface area contributed by atoms with Gasteiger partial charge in [-0.25, -0.2) is 0 Å². The SMILES string of the molecule is O=C([O-])C1(Br)CC1.[Na+]. The van der Waals surface area contributed by atoms with E-state index in [1.807, 2.05) is 0 Å². The molecule has 0 bridgehead atoms. The summed E-state index contributed by atoms with van der Waals surface area (Å²) in [4.78, 5) is 9.93. The van der Waals surface area contributed by atoms with E-state index in [1.54, 1.807) is 0 Å². The van der Waals surface area contributed by atoms with Gasteiger partial charge in [-0.15, -0.1) is 0 Å². The average molecular weight is 187 g/mol. The summed E-state index contributed by atoms with van der Waals surface area (Å²) in [6, 6.07) is 0. The van der Waals surface area contributed by atoms with E-state index >= 15 is 0 Å². The molecule has 2 nitrogen and oxygen atoms in total. The number of halogens is 1. The van der Waals surface area contributed by atoms with Crippen LogP contribution in [0.5, 0.6) is 0 Å². The Morgan fingerprint density at radius 1 is 1.62 bits per heavy atom. The van der Waals surface area contributed by atoms with E-state index in [9.17, 15) is 9.90 Å². The third-order valence-electron chi connectivity index (χ3n) is 1.05. The normalized spacial score (nSPS) is 21.1. The molecule has 1 fully saturated rings. The van der Waals surface area contributed by atoms with E-state index in [0.717, 1.165) is 12.8 Å². The Kier molecular flexibility index (Phi) is 3.01. The molecule has 0 spiro atoms. The van der Waals surface area contributed by atoms with E-state index in [-0.39, 0.29) is 29.6 Å². The molecular weight excluding hydrogens is 183 g/mol. The van der Waals surface area contributed by atoms with Gasteiger partial charge < -0.3 is 9.90 Å². The van der Waals surface area contributed by atoms with Crippen molar-refractivity contribution in [2.75, 3.05) is 0 Å². The minimum absolute atomic E-state index is 0. The number of carbonyl (C=O) groups is 1. The van der Waals surface area contributed by atoms with E-state index in [1.165, 1.54) is 0 Å². The number of aliphatic carboxylic acids is 1. The van der Waals surface area contributed by atoms with Crippen molar-refractivity contribution < 1.29 is 39.5 Å². The number of rotatable bonds is 1. The maximum absolute atomic E-state index is 9.93. The van der Waals surface area contributed by atoms with Gasteiger partial charge in [-0.3, -0.25) is 0 Å². The van der Waals surface area contributed by atoms with Crippen LogP contribution in [-0.4, -0.2) is 10.3 Å². The van der Waals surface area contributed by atoms with Crippen LogP contribution < -0.4 is 34.7 Å². The fourth-order valence-corrected chi connectivity index (χ4v) is 0.512. The molecule has 0 unspecified atom stereocenters. The van der Waals surface area contributed by atoms with Crippen molar-refractivity contribution in [3.05, 3.63) is 0 Å². The molecule has 0 radical (unpaired) electrons. The van der Waals surface area contributed by atoms with Crippen LogP contribution >= 0.6 is 15.9 Å². The molecule has 0 N–H and O–H groups in total. The molecule has 0 aliphatic heterocycles. The van der Waals surface area contributed by atoms with Crippen molar-refractivity contribution in [3.63, 3.8) is 0 Å². The molecule has 0 amide bonds. The first-order chi connectivity index (χ1) is 3.15. The zero-order valence-electron chi connectivity index (χ0n) is 4.61. The van der Waals surface area contributed by atoms with Crippen molar-refractivity contribution >= 4 is 21.9 Å². The first-order valence-electron chi connectivity index (χ1n) is 2.05. The minimum Gasteiger partial charge on any atom is -0.549 e. The number of hydrogen-bond donors (Lipinski definition) is 0. The van der Waals surface area contributed by atoms with Crippen LogP contribution in [0.3, 0.4) is 0 Å². The largest absolute Gasteiger partial charge is 1.00 e. The Balaban J connectivity index is 0.000000490. The van der Waals surface area contributed by atoms with Gasteiger partial charge in [0.15, 0.2) is 0 Å². The smallest absolute Gasteiger partial charge is 0.549 e. The third-order valence-corrected chi connectivity index (χ3v) is 2.17. The number of alkyl halides is 1. The second kappa shape index (κ2) is 2.69. The molecule has 1 aliphatic rings. The van der Waals surface area contributed by atoms with Gasteiger partial charge >= 0.3 is 29.6 Å². The van der Waals surface area contributed by atoms with Crippen molar-refractivity contribution in [1.29, 1.82) is 0 Å². The molecule has 40 valence electrons. The Hall–Kier alpha value is 0.950. The van der Waals surface area contributed by atoms with Crippen LogP contribution in [0.15, 0.2) is 0 Å². The minimum atomic E-state index is -0.979. The first-order valence-corrected chi connectivity index (χ1v) is 2.85. The predicted molar refractivity (Wildman–Crippen MR) is 25.9 cm³/mol. The number of hydrogen-bond acceptors (Lipinski definition) is 2. The second-order valence-electron chi connectivity index (χ2n) is 1.75. The molecule has 0 heterocycles. The van der Waals surface area contributed by atoms with Gasteiger partial charge in [0, 0.05) is 0 Å². The Labute approximate surface area is 78.1 Å². The molecule has 1 saturated carbocycles. The third kappa shape index (κ3) is 1.72. The number of carbonyl (C=O) groups excluding carboxylic acids is 1. The van der Waals surface area contributed by atoms with E-state index in [4.69, 9.17) is 0 Å². The van der Waals surface area contributed by atoms with Gasteiger partial charge in [-0.05, 0) is 12.8 Å². The second-order valence-corrected chi connectivity index (χ2v) is 3.27. The Morgan fingerprint density at radius 2 is 2.00 bits per heavy atom. The van der Waals surface area contributed by atoms with Gasteiger partial charge in [0.1, 0.15) is 0 Å². The summed E-state index contributed by atoms with van der Waals surface area (Å²) in [5, 5.41) is 9.93. The molecular formula is C4H4BrNaO2. The van der Waals surface area contributed by atoms with E-state index < -0.39 is 10.3 Å². The maximum atomic E-state index is 9.93. The van der Waals surface area contributed by atoms with Gasteiger partial charge in [0.25, 0.3) is 0 Å². The van der Waals surface area contributed by atoms with Crippen LogP contribution in [0.1, 0.15) is 12.8 Å². The van der Waals surface area contributed by atoms with E-state index in [0.29, 0.717) is 0 Å². The summed E-state index contributed by atoms with van der Waals surface area (Å²) in [7, 11) is 0. The monoisotopic (exact) mass is 186 g/mol. The van der Waals surface area contributed by atoms with Gasteiger partial charge in [-0.1, -0.05) is 15.9 Å². The Morgan fingerprint density at radius 3 is 2.00 bits per heavy atom. The van der Waals surface area contributed by atoms with Crippen LogP contribution in [0.2, 0.25) is 0 Å². The van der Waals surface area contributed by atoms with Crippen LogP contribution in [0.4, 0.5) is 0 Å². The summed E-state index contributed by atoms with van der Waals surface area (Å²) in [5.41, 5.74) is 0. The molecule has 0 aromatic heterocycles. The fourth-order valence-electron chi connectivity index (χ4n) is 0.314. The maximum Gasteiger partial charge on any atom is 1.00 e. The molecule has 1 rings (SSSR count). The first kappa shape index (κ1) is 8.95. The Bertz CT molecular complexity index is 111. The summed E-state index contributed by atoms with van der Waals surface area (Å²) >= 11 is 2.99. The summed E-state index contributed by atoms with van der Waals surface area (Å²) in [6.07, 6.45) is 1.44. The zero-order chi connectivity index (χ0) is 5.49. The summed E-state index contributed by atoms with van der Waals surface area (Å²) in [5.74, 6) is -0.979. The predicted octanol–water partition coefficient (Wildman–Crippen LogP) is -3.33. The van der Waals surface area contributed by atoms with Crippen molar-refractivity contribution in [1.82, 2.24) is 0 Å². The molecule has 0 atom stereocenters. The van der Waals surface area contributed by atoms with Crippen LogP contribution in [-0.2, 0) is 4.79 Å². The molecule has 4 heteroatoms. The zero-order valence-corrected chi connectivity index (χ0v) is 8.19. The van der Waals surface area contributed by atoms with Crippen molar-refractivity contribution in [2.45, 2.75) is 17.2 Å². The summed E-state index contributed by atoms with van der Waals surface area (Å²) in [6.45, 7) is 0. The van der Waals surface area contributed by atoms with Gasteiger partial charge in [0.05, 0.1) is 10.3 Å². The topological polar surface area (TPSA) is 40.1 Å². The standard InChI is InChI=1S/C4H5BrO2.Na/c5-4(1-2-4)3(6)7;/h1-2H2,(H,6,7);/q;+1/p-1. The quantitative estimate of drug-likeness (QED) is 0.318. The molecule has 0 aromatic rings. The number of carboxylic acids is 1.